The van der Waals surface area contributed by atoms with E-state index in [2.05, 4.69) is 123 Å². The fourth-order valence-corrected chi connectivity index (χ4v) is 7.27. The van der Waals surface area contributed by atoms with Gasteiger partial charge in [-0.3, -0.25) is 4.99 Å². The Morgan fingerprint density at radius 1 is 0.705 bits per heavy atom. The van der Waals surface area contributed by atoms with Gasteiger partial charge in [-0.25, -0.2) is 4.57 Å². The van der Waals surface area contributed by atoms with Crippen LogP contribution >= 0.6 is 21.6 Å². The Morgan fingerprint density at radius 3 is 1.80 bits per heavy atom. The summed E-state index contributed by atoms with van der Waals surface area (Å²) in [6.45, 7) is 10.5. The molecule has 5 rings (SSSR count). The highest BCUT2D eigenvalue weighted by molar-refractivity contribution is 8.76. The zero-order chi connectivity index (χ0) is 30.2. The predicted molar refractivity (Wildman–Crippen MR) is 197 cm³/mol. The molecule has 2 aliphatic heterocycles. The van der Waals surface area contributed by atoms with Crippen LogP contribution in [0.1, 0.15) is 42.4 Å². The molecule has 1 aromatic heterocycles. The minimum Gasteiger partial charge on any atom is -0.372 e. The van der Waals surface area contributed by atoms with Crippen molar-refractivity contribution in [3.8, 4) is 0 Å². The first-order valence-electron chi connectivity index (χ1n) is 15.9. The maximum Gasteiger partial charge on any atom is 0.169 e. The molecule has 228 valence electrons. The third-order valence-corrected chi connectivity index (χ3v) is 10.4. The third kappa shape index (κ3) is 10.3. The van der Waals surface area contributed by atoms with Crippen LogP contribution in [0.3, 0.4) is 0 Å². The molecule has 0 atom stereocenters. The first kappa shape index (κ1) is 31.9. The van der Waals surface area contributed by atoms with Gasteiger partial charge in [0.05, 0.1) is 5.75 Å². The summed E-state index contributed by atoms with van der Waals surface area (Å²) in [5.41, 5.74) is 7.40. The van der Waals surface area contributed by atoms with Crippen LogP contribution in [0.25, 0.3) is 18.2 Å². The van der Waals surface area contributed by atoms with Gasteiger partial charge in [-0.15, -0.1) is 0 Å². The van der Waals surface area contributed by atoms with E-state index < -0.39 is 0 Å². The molecule has 0 unspecified atom stereocenters. The summed E-state index contributed by atoms with van der Waals surface area (Å²) in [5.74, 6) is 2.08. The lowest BCUT2D eigenvalue weighted by atomic mass is 10.1. The molecule has 3 aromatic rings. The summed E-state index contributed by atoms with van der Waals surface area (Å²) in [4.78, 5) is 9.49. The molecule has 0 radical (unpaired) electrons. The largest absolute Gasteiger partial charge is 0.372 e. The fourth-order valence-electron chi connectivity index (χ4n) is 5.41. The zero-order valence-corrected chi connectivity index (χ0v) is 27.4. The number of aliphatic imine (C=N–C) groups is 1. The molecule has 0 bridgehead atoms. The number of allylic oxidation sites excluding steroid dienone is 4. The highest BCUT2D eigenvalue weighted by Crippen LogP contribution is 2.23. The second-order valence-electron chi connectivity index (χ2n) is 11.2. The molecule has 0 aliphatic carbocycles. The van der Waals surface area contributed by atoms with Gasteiger partial charge in [0.2, 0.25) is 0 Å². The van der Waals surface area contributed by atoms with E-state index in [1.807, 2.05) is 40.0 Å². The van der Waals surface area contributed by atoms with E-state index in [9.17, 15) is 0 Å². The van der Waals surface area contributed by atoms with Gasteiger partial charge in [-0.1, -0.05) is 82.8 Å². The van der Waals surface area contributed by atoms with E-state index in [1.54, 1.807) is 0 Å². The Kier molecular flexibility index (Phi) is 12.9. The Balaban J connectivity index is 0.945. The van der Waals surface area contributed by atoms with Crippen molar-refractivity contribution < 1.29 is 4.57 Å². The average Bonchev–Trinajstić information content (AvgIpc) is 3.81. The molecule has 3 heterocycles. The summed E-state index contributed by atoms with van der Waals surface area (Å²) in [6, 6.07) is 22.1. The minimum atomic E-state index is 0.815. The summed E-state index contributed by atoms with van der Waals surface area (Å²) >= 11 is 0. The topological polar surface area (TPSA) is 22.7 Å². The Labute approximate surface area is 272 Å². The van der Waals surface area contributed by atoms with Crippen molar-refractivity contribution in [3.63, 3.8) is 0 Å². The number of rotatable bonds is 15. The monoisotopic (exact) mass is 621 g/mol. The van der Waals surface area contributed by atoms with Gasteiger partial charge in [-0.2, -0.15) is 0 Å². The Morgan fingerprint density at radius 2 is 1.23 bits per heavy atom. The van der Waals surface area contributed by atoms with Crippen LogP contribution in [0.15, 0.2) is 108 Å². The molecule has 44 heavy (non-hydrogen) atoms. The second-order valence-corrected chi connectivity index (χ2v) is 13.9. The lowest BCUT2D eigenvalue weighted by Gasteiger charge is -2.17. The van der Waals surface area contributed by atoms with Gasteiger partial charge in [0.15, 0.2) is 18.9 Å². The second kappa shape index (κ2) is 17.7. The molecule has 2 aliphatic rings. The van der Waals surface area contributed by atoms with E-state index in [-0.39, 0.29) is 0 Å². The van der Waals surface area contributed by atoms with E-state index in [0.29, 0.717) is 0 Å². The predicted octanol–water partition coefficient (Wildman–Crippen LogP) is 8.62. The molecule has 0 saturated carbocycles. The van der Waals surface area contributed by atoms with Crippen LogP contribution in [0.4, 0.5) is 11.4 Å². The maximum absolute atomic E-state index is 4.56. The molecule has 4 nitrogen and oxygen atoms in total. The van der Waals surface area contributed by atoms with Crippen molar-refractivity contribution in [1.29, 1.82) is 0 Å². The highest BCUT2D eigenvalue weighted by Gasteiger charge is 2.12. The molecule has 2 aromatic carbocycles. The highest BCUT2D eigenvalue weighted by atomic mass is 33.1. The van der Waals surface area contributed by atoms with Gasteiger partial charge >= 0.3 is 0 Å². The van der Waals surface area contributed by atoms with Crippen LogP contribution < -0.4 is 14.4 Å². The van der Waals surface area contributed by atoms with E-state index >= 15 is 0 Å². The quantitative estimate of drug-likeness (QED) is 0.0557. The summed E-state index contributed by atoms with van der Waals surface area (Å²) in [7, 11) is 3.80. The Bertz CT molecular complexity index is 1410. The van der Waals surface area contributed by atoms with Gasteiger partial charge in [0.1, 0.15) is 0 Å². The van der Waals surface area contributed by atoms with Gasteiger partial charge in [0.25, 0.3) is 0 Å². The van der Waals surface area contributed by atoms with Crippen LogP contribution in [0.2, 0.25) is 0 Å². The number of aromatic nitrogens is 1. The van der Waals surface area contributed by atoms with E-state index in [1.165, 1.54) is 79.9 Å². The number of anilines is 2. The standard InChI is InChI=1S/C38H45N4S2/c1-2-33(7-8-34-11-15-37(16-12-34)41-24-3-4-25-41)19-22-39-23-31-43-44-32-30-40-28-20-36(21-29-40)10-9-35-13-17-38(18-14-35)42-26-5-6-27-42/h2,7-22,28-29H,1,3-6,23-27,30-32H2/q+1/b8-7+,33-19+,39-22?. The summed E-state index contributed by atoms with van der Waals surface area (Å²) < 4.78 is 2.25. The number of hydrogen-bond acceptors (Lipinski definition) is 5. The SMILES string of the molecule is C=CC(/C=C/c1ccc(N2CCCC2)cc1)=C\C=NCCSSCC[n+]1ccc(/C=C/c2ccc(N3CCCC3)cc2)cc1. The molecule has 6 heteroatoms. The number of benzene rings is 2. The minimum absolute atomic E-state index is 0.815. The summed E-state index contributed by atoms with van der Waals surface area (Å²) in [5, 5.41) is 0. The smallest absolute Gasteiger partial charge is 0.169 e. The molecule has 0 N–H and O–H groups in total. The van der Waals surface area contributed by atoms with Gasteiger partial charge in [-0.05, 0) is 78.3 Å². The number of pyridine rings is 1. The average molecular weight is 622 g/mol. The van der Waals surface area contributed by atoms with Crippen molar-refractivity contribution in [2.45, 2.75) is 32.2 Å². The molecule has 2 fully saturated rings. The van der Waals surface area contributed by atoms with Crippen molar-refractivity contribution in [2.24, 2.45) is 4.99 Å². The van der Waals surface area contributed by atoms with Gasteiger partial charge < -0.3 is 9.80 Å². The molecule has 0 amide bonds. The van der Waals surface area contributed by atoms with Crippen LogP contribution in [0, 0.1) is 0 Å². The van der Waals surface area contributed by atoms with Crippen molar-refractivity contribution in [1.82, 2.24) is 0 Å². The van der Waals surface area contributed by atoms with Crippen LogP contribution in [-0.2, 0) is 6.54 Å². The fraction of sp³-hybridized carbons (Fsp3) is 0.316. The first-order valence-corrected chi connectivity index (χ1v) is 18.4. The van der Waals surface area contributed by atoms with Crippen molar-refractivity contribution in [3.05, 3.63) is 120 Å². The lowest BCUT2D eigenvalue weighted by Crippen LogP contribution is -2.33. The maximum atomic E-state index is 4.56. The van der Waals surface area contributed by atoms with E-state index in [0.717, 1.165) is 30.2 Å². The number of hydrogen-bond donors (Lipinski definition) is 0. The normalized spacial score (nSPS) is 15.9. The first-order chi connectivity index (χ1) is 21.8. The lowest BCUT2D eigenvalue weighted by molar-refractivity contribution is -0.692. The molecular weight excluding hydrogens is 577 g/mol. The zero-order valence-electron chi connectivity index (χ0n) is 25.8. The molecule has 2 saturated heterocycles. The Hall–Kier alpha value is -3.48. The van der Waals surface area contributed by atoms with E-state index in [4.69, 9.17) is 0 Å². The van der Waals surface area contributed by atoms with Gasteiger partial charge in [0, 0.05) is 68.2 Å². The van der Waals surface area contributed by atoms with Crippen LogP contribution in [0.5, 0.6) is 0 Å². The molecular formula is C38H45N4S2+. The third-order valence-electron chi connectivity index (χ3n) is 8.01. The van der Waals surface area contributed by atoms with Crippen molar-refractivity contribution in [2.75, 3.05) is 54.0 Å². The van der Waals surface area contributed by atoms with Crippen LogP contribution in [-0.4, -0.2) is 50.4 Å². The molecule has 0 spiro atoms. The number of nitrogens with zero attached hydrogens (tertiary/aromatic N) is 4. The summed E-state index contributed by atoms with van der Waals surface area (Å²) in [6.07, 6.45) is 24.0. The van der Waals surface area contributed by atoms with Crippen molar-refractivity contribution >= 4 is 57.4 Å². The number of aryl methyl sites for hydroxylation is 1.